The Bertz CT molecular complexity index is 650. The number of anilines is 2. The zero-order chi connectivity index (χ0) is 16.9. The van der Waals surface area contributed by atoms with Crippen LogP contribution in [-0.2, 0) is 17.6 Å². The zero-order valence-electron chi connectivity index (χ0n) is 13.7. The average molecular weight is 333 g/mol. The molecule has 5 nitrogen and oxygen atoms in total. The number of carbonyl (C=O) groups is 1. The van der Waals surface area contributed by atoms with Crippen molar-refractivity contribution >= 4 is 28.1 Å². The Kier molecular flexibility index (Phi) is 5.74. The Morgan fingerprint density at radius 1 is 1.30 bits per heavy atom. The van der Waals surface area contributed by atoms with Gasteiger partial charge in [0.2, 0.25) is 5.91 Å². The minimum Gasteiger partial charge on any atom is -0.394 e. The van der Waals surface area contributed by atoms with E-state index in [0.717, 1.165) is 17.2 Å². The van der Waals surface area contributed by atoms with Crippen LogP contribution >= 0.6 is 11.3 Å². The lowest BCUT2D eigenvalue weighted by molar-refractivity contribution is -0.122. The summed E-state index contributed by atoms with van der Waals surface area (Å²) in [5, 5.41) is 17.8. The third-order valence-corrected chi connectivity index (χ3v) is 4.19. The highest BCUT2D eigenvalue weighted by Crippen LogP contribution is 2.21. The summed E-state index contributed by atoms with van der Waals surface area (Å²) in [7, 11) is 0. The third-order valence-electron chi connectivity index (χ3n) is 3.38. The Labute approximate surface area is 140 Å². The first-order valence-corrected chi connectivity index (χ1v) is 8.52. The average Bonchev–Trinajstić information content (AvgIpc) is 2.94. The number of hydrogen-bond donors (Lipinski definition) is 3. The van der Waals surface area contributed by atoms with Gasteiger partial charge in [-0.05, 0) is 38.0 Å². The first-order chi connectivity index (χ1) is 10.9. The van der Waals surface area contributed by atoms with Crippen LogP contribution in [0.4, 0.5) is 10.8 Å². The molecule has 1 heterocycles. The molecule has 0 atom stereocenters. The molecule has 0 saturated carbocycles. The van der Waals surface area contributed by atoms with E-state index in [1.54, 1.807) is 13.8 Å². The maximum absolute atomic E-state index is 11.9. The van der Waals surface area contributed by atoms with Crippen LogP contribution in [0.2, 0.25) is 0 Å². The van der Waals surface area contributed by atoms with E-state index in [1.807, 2.05) is 17.5 Å². The second kappa shape index (κ2) is 7.57. The Hall–Kier alpha value is -1.92. The smallest absolute Gasteiger partial charge is 0.226 e. The molecule has 1 aromatic heterocycles. The molecule has 0 bridgehead atoms. The number of carbonyl (C=O) groups excluding carboxylic acids is 1. The van der Waals surface area contributed by atoms with E-state index >= 15 is 0 Å². The van der Waals surface area contributed by atoms with Gasteiger partial charge in [0.1, 0.15) is 0 Å². The van der Waals surface area contributed by atoms with Crippen molar-refractivity contribution in [3.63, 3.8) is 0 Å². The summed E-state index contributed by atoms with van der Waals surface area (Å²) in [4.78, 5) is 16.4. The van der Waals surface area contributed by atoms with Crippen LogP contribution in [0.25, 0.3) is 0 Å². The van der Waals surface area contributed by atoms with E-state index in [0.29, 0.717) is 5.69 Å². The summed E-state index contributed by atoms with van der Waals surface area (Å²) >= 11 is 1.47. The van der Waals surface area contributed by atoms with Crippen LogP contribution in [0, 0.1) is 0 Å². The van der Waals surface area contributed by atoms with E-state index in [4.69, 9.17) is 0 Å². The molecule has 0 radical (unpaired) electrons. The van der Waals surface area contributed by atoms with E-state index < -0.39 is 5.54 Å². The normalized spacial score (nSPS) is 11.3. The molecule has 0 spiro atoms. The van der Waals surface area contributed by atoms with E-state index in [-0.39, 0.29) is 18.9 Å². The lowest BCUT2D eigenvalue weighted by Gasteiger charge is -2.23. The number of hydrogen-bond acceptors (Lipinski definition) is 5. The largest absolute Gasteiger partial charge is 0.394 e. The number of aliphatic hydroxyl groups excluding tert-OH is 1. The number of nitrogens with zero attached hydrogens (tertiary/aromatic N) is 1. The Morgan fingerprint density at radius 2 is 2.00 bits per heavy atom. The van der Waals surface area contributed by atoms with Crippen LogP contribution in [0.1, 0.15) is 32.0 Å². The maximum Gasteiger partial charge on any atom is 0.226 e. The van der Waals surface area contributed by atoms with Crippen LogP contribution in [0.15, 0.2) is 29.6 Å². The number of aryl methyl sites for hydroxylation is 1. The van der Waals surface area contributed by atoms with Gasteiger partial charge >= 0.3 is 0 Å². The van der Waals surface area contributed by atoms with Gasteiger partial charge in [-0.3, -0.25) is 4.79 Å². The fourth-order valence-corrected chi connectivity index (χ4v) is 2.75. The number of amides is 1. The molecule has 0 aliphatic heterocycles. The third kappa shape index (κ3) is 5.33. The van der Waals surface area contributed by atoms with Crippen LogP contribution in [0.3, 0.4) is 0 Å². The summed E-state index contributed by atoms with van der Waals surface area (Å²) in [6.07, 6.45) is 1.22. The van der Waals surface area contributed by atoms with Crippen LogP contribution in [0.5, 0.6) is 0 Å². The van der Waals surface area contributed by atoms with Gasteiger partial charge in [-0.2, -0.15) is 0 Å². The van der Waals surface area contributed by atoms with Crippen molar-refractivity contribution in [3.05, 3.63) is 40.9 Å². The highest BCUT2D eigenvalue weighted by Gasteiger charge is 2.19. The van der Waals surface area contributed by atoms with Crippen LogP contribution in [-0.4, -0.2) is 28.1 Å². The van der Waals surface area contributed by atoms with E-state index in [1.165, 1.54) is 16.9 Å². The number of thiazole rings is 1. The first kappa shape index (κ1) is 17.4. The van der Waals surface area contributed by atoms with Crippen molar-refractivity contribution in [1.29, 1.82) is 0 Å². The van der Waals surface area contributed by atoms with Gasteiger partial charge in [0.15, 0.2) is 5.13 Å². The van der Waals surface area contributed by atoms with Crippen molar-refractivity contribution < 1.29 is 9.90 Å². The number of aromatic nitrogens is 1. The van der Waals surface area contributed by atoms with Gasteiger partial charge in [0.05, 0.1) is 24.3 Å². The lowest BCUT2D eigenvalue weighted by atomic mass is 10.1. The summed E-state index contributed by atoms with van der Waals surface area (Å²) in [6, 6.07) is 8.22. The molecule has 1 amide bonds. The fraction of sp³-hybridized carbons (Fsp3) is 0.412. The van der Waals surface area contributed by atoms with Crippen molar-refractivity contribution in [3.8, 4) is 0 Å². The molecule has 23 heavy (non-hydrogen) atoms. The molecule has 0 unspecified atom stereocenters. The molecule has 3 N–H and O–H groups in total. The summed E-state index contributed by atoms with van der Waals surface area (Å²) in [5.41, 5.74) is 2.37. The predicted molar refractivity (Wildman–Crippen MR) is 94.2 cm³/mol. The van der Waals surface area contributed by atoms with E-state index in [9.17, 15) is 9.90 Å². The quantitative estimate of drug-likeness (QED) is 0.728. The molecule has 0 saturated heterocycles. The Balaban J connectivity index is 1.93. The number of benzene rings is 1. The summed E-state index contributed by atoms with van der Waals surface area (Å²) in [6.45, 7) is 5.58. The molecular formula is C17H23N3O2S. The molecule has 6 heteroatoms. The number of aliphatic hydroxyl groups is 1. The second-order valence-corrected chi connectivity index (χ2v) is 6.94. The minimum atomic E-state index is -0.616. The molecule has 0 aliphatic rings. The van der Waals surface area contributed by atoms with E-state index in [2.05, 4.69) is 34.7 Å². The number of rotatable bonds is 7. The van der Waals surface area contributed by atoms with Crippen molar-refractivity contribution in [1.82, 2.24) is 10.3 Å². The number of nitrogens with one attached hydrogen (secondary N) is 2. The topological polar surface area (TPSA) is 74.2 Å². The van der Waals surface area contributed by atoms with Crippen molar-refractivity contribution in [2.75, 3.05) is 11.9 Å². The highest BCUT2D eigenvalue weighted by atomic mass is 32.1. The highest BCUT2D eigenvalue weighted by molar-refractivity contribution is 7.13. The van der Waals surface area contributed by atoms with Gasteiger partial charge < -0.3 is 15.7 Å². The fourth-order valence-electron chi connectivity index (χ4n) is 2.02. The standard InChI is InChI=1S/C17H23N3O2S/c1-4-12-5-7-13(8-6-12)18-16-19-14(10-23-16)9-15(22)20-17(2,3)11-21/h5-8,10,21H,4,9,11H2,1-3H3,(H,18,19)(H,20,22). The van der Waals surface area contributed by atoms with Gasteiger partial charge in [-0.15, -0.1) is 11.3 Å². The van der Waals surface area contributed by atoms with Crippen LogP contribution < -0.4 is 10.6 Å². The maximum atomic E-state index is 11.9. The Morgan fingerprint density at radius 3 is 2.61 bits per heavy atom. The molecular weight excluding hydrogens is 310 g/mol. The molecule has 0 fully saturated rings. The summed E-state index contributed by atoms with van der Waals surface area (Å²) in [5.74, 6) is -0.145. The predicted octanol–water partition coefficient (Wildman–Crippen LogP) is 2.88. The van der Waals surface area contributed by atoms with Gasteiger partial charge in [-0.25, -0.2) is 4.98 Å². The van der Waals surface area contributed by atoms with Crippen molar-refractivity contribution in [2.24, 2.45) is 0 Å². The van der Waals surface area contributed by atoms with Gasteiger partial charge in [-0.1, -0.05) is 19.1 Å². The minimum absolute atomic E-state index is 0.101. The SMILES string of the molecule is CCc1ccc(Nc2nc(CC(=O)NC(C)(C)CO)cs2)cc1. The molecule has 2 aromatic rings. The monoisotopic (exact) mass is 333 g/mol. The summed E-state index contributed by atoms with van der Waals surface area (Å²) < 4.78 is 0. The first-order valence-electron chi connectivity index (χ1n) is 7.64. The second-order valence-electron chi connectivity index (χ2n) is 6.09. The zero-order valence-corrected chi connectivity index (χ0v) is 14.5. The van der Waals surface area contributed by atoms with Crippen molar-refractivity contribution in [2.45, 2.75) is 39.2 Å². The van der Waals surface area contributed by atoms with Gasteiger partial charge in [0.25, 0.3) is 0 Å². The molecule has 124 valence electrons. The van der Waals surface area contributed by atoms with Gasteiger partial charge in [0, 0.05) is 11.1 Å². The lowest BCUT2D eigenvalue weighted by Crippen LogP contribution is -2.46. The molecule has 2 rings (SSSR count). The molecule has 0 aliphatic carbocycles. The molecule has 1 aromatic carbocycles.